The SMILES string of the molecule is Cc1cc(NC(=O)COc2ccc(/C=N\NC(=O)C(=O)Nc3ccc(F)cc3)cc2)ccc1Br. The molecule has 0 unspecified atom stereocenters. The minimum Gasteiger partial charge on any atom is -0.484 e. The van der Waals surface area contributed by atoms with Crippen LogP contribution in [0, 0.1) is 12.7 Å². The van der Waals surface area contributed by atoms with Gasteiger partial charge in [0.05, 0.1) is 6.21 Å². The summed E-state index contributed by atoms with van der Waals surface area (Å²) in [7, 11) is 0. The third kappa shape index (κ3) is 7.52. The molecule has 0 saturated heterocycles. The Hall–Kier alpha value is -4.05. The predicted octanol–water partition coefficient (Wildman–Crippen LogP) is 4.00. The highest BCUT2D eigenvalue weighted by Gasteiger charge is 2.12. The number of anilines is 2. The van der Waals surface area contributed by atoms with Crippen molar-refractivity contribution in [1.29, 1.82) is 0 Å². The van der Waals surface area contributed by atoms with E-state index in [0.717, 1.165) is 22.2 Å². The van der Waals surface area contributed by atoms with Gasteiger partial charge in [-0.2, -0.15) is 5.10 Å². The molecule has 3 aromatic rings. The molecule has 0 aromatic heterocycles. The maximum atomic E-state index is 12.9. The molecule has 3 N–H and O–H groups in total. The highest BCUT2D eigenvalue weighted by Crippen LogP contribution is 2.20. The number of carbonyl (C=O) groups is 3. The average Bonchev–Trinajstić information content (AvgIpc) is 2.82. The number of amides is 3. The lowest BCUT2D eigenvalue weighted by Gasteiger charge is -2.09. The second-order valence-electron chi connectivity index (χ2n) is 7.03. The topological polar surface area (TPSA) is 109 Å². The van der Waals surface area contributed by atoms with Gasteiger partial charge in [0.2, 0.25) is 0 Å². The number of hydrogen-bond acceptors (Lipinski definition) is 5. The summed E-state index contributed by atoms with van der Waals surface area (Å²) in [6, 6.07) is 17.1. The summed E-state index contributed by atoms with van der Waals surface area (Å²) >= 11 is 3.41. The fraction of sp³-hybridized carbons (Fsp3) is 0.0833. The molecule has 0 spiro atoms. The fourth-order valence-corrected chi connectivity index (χ4v) is 2.90. The molecule has 10 heteroatoms. The second kappa shape index (κ2) is 11.7. The van der Waals surface area contributed by atoms with E-state index in [-0.39, 0.29) is 18.2 Å². The van der Waals surface area contributed by atoms with Gasteiger partial charge in [-0.25, -0.2) is 9.82 Å². The van der Waals surface area contributed by atoms with Gasteiger partial charge in [-0.15, -0.1) is 0 Å². The van der Waals surface area contributed by atoms with Crippen molar-refractivity contribution in [3.8, 4) is 5.75 Å². The van der Waals surface area contributed by atoms with E-state index in [1.807, 2.05) is 19.1 Å². The van der Waals surface area contributed by atoms with E-state index in [1.54, 1.807) is 30.3 Å². The van der Waals surface area contributed by atoms with Crippen molar-refractivity contribution in [3.63, 3.8) is 0 Å². The van der Waals surface area contributed by atoms with Crippen molar-refractivity contribution >= 4 is 51.2 Å². The van der Waals surface area contributed by atoms with Crippen LogP contribution in [-0.4, -0.2) is 30.5 Å². The summed E-state index contributed by atoms with van der Waals surface area (Å²) in [5.41, 5.74) is 4.69. The van der Waals surface area contributed by atoms with Crippen LogP contribution in [0.3, 0.4) is 0 Å². The van der Waals surface area contributed by atoms with Crippen LogP contribution in [0.1, 0.15) is 11.1 Å². The van der Waals surface area contributed by atoms with Gasteiger partial charge >= 0.3 is 11.8 Å². The predicted molar refractivity (Wildman–Crippen MR) is 130 cm³/mol. The minimum atomic E-state index is -0.979. The van der Waals surface area contributed by atoms with Crippen molar-refractivity contribution in [1.82, 2.24) is 5.43 Å². The van der Waals surface area contributed by atoms with Crippen molar-refractivity contribution < 1.29 is 23.5 Å². The third-order valence-electron chi connectivity index (χ3n) is 4.38. The molecule has 0 fully saturated rings. The number of hydrogen-bond donors (Lipinski definition) is 3. The number of hydrazone groups is 1. The van der Waals surface area contributed by atoms with Crippen LogP contribution in [0.5, 0.6) is 5.75 Å². The number of carbonyl (C=O) groups excluding carboxylic acids is 3. The van der Waals surface area contributed by atoms with Gasteiger partial charge in [0.1, 0.15) is 11.6 Å². The standard InChI is InChI=1S/C24H20BrFN4O4/c1-15-12-19(8-11-21(15)25)28-22(31)14-34-20-9-2-16(3-10-20)13-27-30-24(33)23(32)29-18-6-4-17(26)5-7-18/h2-13H,14H2,1H3,(H,28,31)(H,29,32)(H,30,33)/b27-13-. The highest BCUT2D eigenvalue weighted by atomic mass is 79.9. The number of nitrogens with one attached hydrogen (secondary N) is 3. The monoisotopic (exact) mass is 526 g/mol. The molecule has 0 bridgehead atoms. The first-order chi connectivity index (χ1) is 16.3. The number of benzene rings is 3. The van der Waals surface area contributed by atoms with Gasteiger partial charge < -0.3 is 15.4 Å². The largest absolute Gasteiger partial charge is 0.484 e. The van der Waals surface area contributed by atoms with Crippen LogP contribution in [0.2, 0.25) is 0 Å². The summed E-state index contributed by atoms with van der Waals surface area (Å²) in [5, 5.41) is 8.82. The Labute approximate surface area is 203 Å². The average molecular weight is 527 g/mol. The van der Waals surface area contributed by atoms with Crippen LogP contribution >= 0.6 is 15.9 Å². The van der Waals surface area contributed by atoms with Crippen LogP contribution in [0.15, 0.2) is 76.3 Å². The molecular weight excluding hydrogens is 507 g/mol. The second-order valence-corrected chi connectivity index (χ2v) is 7.88. The summed E-state index contributed by atoms with van der Waals surface area (Å²) in [5.74, 6) is -2.20. The summed E-state index contributed by atoms with van der Waals surface area (Å²) in [4.78, 5) is 35.7. The molecule has 0 heterocycles. The lowest BCUT2D eigenvalue weighted by molar-refractivity contribution is -0.136. The smallest absolute Gasteiger partial charge is 0.329 e. The quantitative estimate of drug-likeness (QED) is 0.245. The van der Waals surface area contributed by atoms with Crippen LogP contribution in [-0.2, 0) is 14.4 Å². The van der Waals surface area contributed by atoms with E-state index in [0.29, 0.717) is 17.0 Å². The van der Waals surface area contributed by atoms with Gasteiger partial charge in [-0.3, -0.25) is 14.4 Å². The zero-order valence-electron chi connectivity index (χ0n) is 18.0. The molecule has 0 aliphatic carbocycles. The van der Waals surface area contributed by atoms with Crippen molar-refractivity contribution in [3.05, 3.63) is 88.1 Å². The Morgan fingerprint density at radius 3 is 2.29 bits per heavy atom. The Kier molecular flexibility index (Phi) is 8.47. The molecule has 3 rings (SSSR count). The van der Waals surface area contributed by atoms with Crippen LogP contribution in [0.25, 0.3) is 0 Å². The maximum Gasteiger partial charge on any atom is 0.329 e. The molecule has 3 aromatic carbocycles. The van der Waals surface area contributed by atoms with E-state index < -0.39 is 17.6 Å². The van der Waals surface area contributed by atoms with Gasteiger partial charge in [0.25, 0.3) is 5.91 Å². The zero-order valence-corrected chi connectivity index (χ0v) is 19.6. The van der Waals surface area contributed by atoms with E-state index in [4.69, 9.17) is 4.74 Å². The van der Waals surface area contributed by atoms with Gasteiger partial charge in [0.15, 0.2) is 6.61 Å². The van der Waals surface area contributed by atoms with Crippen molar-refractivity contribution in [2.24, 2.45) is 5.10 Å². The fourth-order valence-electron chi connectivity index (χ4n) is 2.66. The maximum absolute atomic E-state index is 12.9. The molecule has 8 nitrogen and oxygen atoms in total. The van der Waals surface area contributed by atoms with Crippen molar-refractivity contribution in [2.75, 3.05) is 17.2 Å². The molecule has 0 saturated carbocycles. The van der Waals surface area contributed by atoms with Crippen LogP contribution < -0.4 is 20.8 Å². The number of rotatable bonds is 7. The molecule has 0 aliphatic heterocycles. The lowest BCUT2D eigenvalue weighted by Crippen LogP contribution is -2.32. The molecule has 174 valence electrons. The Morgan fingerprint density at radius 1 is 0.941 bits per heavy atom. The summed E-state index contributed by atoms with van der Waals surface area (Å²) < 4.78 is 19.3. The first-order valence-electron chi connectivity index (χ1n) is 9.99. The Balaban J connectivity index is 1.43. The van der Waals surface area contributed by atoms with Gasteiger partial charge in [-0.05, 0) is 84.8 Å². The van der Waals surface area contributed by atoms with Gasteiger partial charge in [0, 0.05) is 15.8 Å². The normalized spacial score (nSPS) is 10.6. The number of aryl methyl sites for hydroxylation is 1. The molecule has 34 heavy (non-hydrogen) atoms. The first kappa shape index (κ1) is 24.6. The minimum absolute atomic E-state index is 0.165. The first-order valence-corrected chi connectivity index (χ1v) is 10.8. The Bertz CT molecular complexity index is 1210. The molecule has 0 radical (unpaired) electrons. The van der Waals surface area contributed by atoms with Gasteiger partial charge in [-0.1, -0.05) is 15.9 Å². The van der Waals surface area contributed by atoms with E-state index >= 15 is 0 Å². The molecular formula is C24H20BrFN4O4. The van der Waals surface area contributed by atoms with E-state index in [2.05, 4.69) is 37.1 Å². The highest BCUT2D eigenvalue weighted by molar-refractivity contribution is 9.10. The number of ether oxygens (including phenoxy) is 1. The van der Waals surface area contributed by atoms with E-state index in [9.17, 15) is 18.8 Å². The number of halogens is 2. The number of nitrogens with zero attached hydrogens (tertiary/aromatic N) is 1. The molecule has 3 amide bonds. The Morgan fingerprint density at radius 2 is 1.62 bits per heavy atom. The summed E-state index contributed by atoms with van der Waals surface area (Å²) in [6.45, 7) is 1.76. The third-order valence-corrected chi connectivity index (χ3v) is 5.27. The summed E-state index contributed by atoms with van der Waals surface area (Å²) in [6.07, 6.45) is 1.34. The zero-order chi connectivity index (χ0) is 24.5. The van der Waals surface area contributed by atoms with Crippen LogP contribution in [0.4, 0.5) is 15.8 Å². The molecule has 0 aliphatic rings. The van der Waals surface area contributed by atoms with E-state index in [1.165, 1.54) is 18.3 Å². The van der Waals surface area contributed by atoms with Crippen molar-refractivity contribution in [2.45, 2.75) is 6.92 Å². The molecule has 0 atom stereocenters. The lowest BCUT2D eigenvalue weighted by atomic mass is 10.2.